The molecule has 2 N–H and O–H groups in total. The van der Waals surface area contributed by atoms with Crippen LogP contribution < -0.4 is 15.5 Å². The van der Waals surface area contributed by atoms with Gasteiger partial charge in [0.2, 0.25) is 5.89 Å². The van der Waals surface area contributed by atoms with Gasteiger partial charge in [-0.15, -0.1) is 24.0 Å². The van der Waals surface area contributed by atoms with Crippen molar-refractivity contribution in [2.45, 2.75) is 58.5 Å². The van der Waals surface area contributed by atoms with Gasteiger partial charge in [-0.25, -0.2) is 9.38 Å². The first kappa shape index (κ1) is 24.4. The van der Waals surface area contributed by atoms with Gasteiger partial charge in [0, 0.05) is 36.8 Å². The summed E-state index contributed by atoms with van der Waals surface area (Å²) in [7, 11) is 0. The fourth-order valence-corrected chi connectivity index (χ4v) is 3.29. The molecule has 1 unspecified atom stereocenters. The molecule has 30 heavy (non-hydrogen) atoms. The van der Waals surface area contributed by atoms with Gasteiger partial charge < -0.3 is 20.1 Å². The number of halogens is 2. The minimum atomic E-state index is -0.206. The maximum atomic E-state index is 13.6. The van der Waals surface area contributed by atoms with Gasteiger partial charge >= 0.3 is 0 Å². The third-order valence-corrected chi connectivity index (χ3v) is 4.77. The van der Waals surface area contributed by atoms with Crippen molar-refractivity contribution in [3.8, 4) is 0 Å². The quantitative estimate of drug-likeness (QED) is 0.348. The van der Waals surface area contributed by atoms with E-state index in [1.165, 1.54) is 6.07 Å². The molecular weight excluding hydrogens is 498 g/mol. The van der Waals surface area contributed by atoms with Crippen LogP contribution in [0.1, 0.15) is 52.3 Å². The molecule has 0 amide bonds. The third kappa shape index (κ3) is 6.82. The van der Waals surface area contributed by atoms with Crippen molar-refractivity contribution in [2.24, 2.45) is 4.99 Å². The van der Waals surface area contributed by atoms with E-state index in [1.54, 1.807) is 12.1 Å². The van der Waals surface area contributed by atoms with Crippen LogP contribution >= 0.6 is 24.0 Å². The molecule has 166 valence electrons. The number of piperidine rings is 1. The maximum Gasteiger partial charge on any atom is 0.232 e. The highest BCUT2D eigenvalue weighted by atomic mass is 127. The van der Waals surface area contributed by atoms with E-state index in [2.05, 4.69) is 30.7 Å². The molecule has 1 fully saturated rings. The molecule has 0 aliphatic carbocycles. The molecule has 0 saturated carbocycles. The second-order valence-electron chi connectivity index (χ2n) is 8.37. The highest BCUT2D eigenvalue weighted by Crippen LogP contribution is 2.21. The monoisotopic (exact) mass is 530 g/mol. The van der Waals surface area contributed by atoms with Gasteiger partial charge in [-0.1, -0.05) is 32.0 Å². The van der Waals surface area contributed by atoms with Crippen molar-refractivity contribution in [1.82, 2.24) is 20.8 Å². The van der Waals surface area contributed by atoms with Crippen molar-refractivity contribution < 1.29 is 8.91 Å². The average Bonchev–Trinajstić information content (AvgIpc) is 3.16. The second-order valence-corrected chi connectivity index (χ2v) is 8.37. The normalized spacial score (nSPS) is 17.4. The van der Waals surface area contributed by atoms with Crippen LogP contribution in [0.5, 0.6) is 0 Å². The third-order valence-electron chi connectivity index (χ3n) is 4.77. The number of nitrogens with one attached hydrogen (secondary N) is 2. The Balaban J connectivity index is 0.00000320. The fourth-order valence-electron chi connectivity index (χ4n) is 3.29. The first-order valence-electron chi connectivity index (χ1n) is 10.2. The summed E-state index contributed by atoms with van der Waals surface area (Å²) in [4.78, 5) is 11.3. The zero-order chi connectivity index (χ0) is 20.9. The second kappa shape index (κ2) is 10.9. The number of nitrogens with zero attached hydrogens (tertiary/aromatic N) is 4. The Morgan fingerprint density at radius 1 is 1.37 bits per heavy atom. The summed E-state index contributed by atoms with van der Waals surface area (Å²) < 4.78 is 18.9. The lowest BCUT2D eigenvalue weighted by molar-refractivity contribution is 0.318. The molecule has 1 aromatic heterocycles. The molecule has 1 saturated heterocycles. The van der Waals surface area contributed by atoms with E-state index in [0.29, 0.717) is 18.3 Å². The summed E-state index contributed by atoms with van der Waals surface area (Å²) in [5.74, 6) is 1.69. The molecule has 0 spiro atoms. The molecule has 0 radical (unpaired) electrons. The Morgan fingerprint density at radius 3 is 2.83 bits per heavy atom. The van der Waals surface area contributed by atoms with Gasteiger partial charge in [-0.05, 0) is 38.0 Å². The van der Waals surface area contributed by atoms with E-state index in [9.17, 15) is 4.39 Å². The van der Waals surface area contributed by atoms with E-state index >= 15 is 0 Å². The number of guanidine groups is 1. The lowest BCUT2D eigenvalue weighted by Gasteiger charge is -2.35. The van der Waals surface area contributed by atoms with Crippen molar-refractivity contribution in [1.29, 1.82) is 0 Å². The SMILES string of the molecule is CCNC(=NCc1noc(C(C)(C)C)n1)NC1CCCN(c2cccc(F)c2)C1.I. The minimum Gasteiger partial charge on any atom is -0.369 e. The zero-order valence-corrected chi connectivity index (χ0v) is 20.4. The molecule has 2 heterocycles. The molecular formula is C21H32FIN6O. The van der Waals surface area contributed by atoms with E-state index in [-0.39, 0.29) is 41.3 Å². The first-order valence-corrected chi connectivity index (χ1v) is 10.2. The predicted octanol–water partition coefficient (Wildman–Crippen LogP) is 3.85. The van der Waals surface area contributed by atoms with Crippen LogP contribution in [0, 0.1) is 5.82 Å². The topological polar surface area (TPSA) is 78.6 Å². The molecule has 1 aromatic carbocycles. The highest BCUT2D eigenvalue weighted by Gasteiger charge is 2.23. The summed E-state index contributed by atoms with van der Waals surface area (Å²) in [5, 5.41) is 10.8. The lowest BCUT2D eigenvalue weighted by Crippen LogP contribution is -2.51. The molecule has 3 rings (SSSR count). The van der Waals surface area contributed by atoms with Crippen molar-refractivity contribution in [3.63, 3.8) is 0 Å². The van der Waals surface area contributed by atoms with Crippen LogP contribution in [0.15, 0.2) is 33.8 Å². The number of benzene rings is 1. The predicted molar refractivity (Wildman–Crippen MR) is 128 cm³/mol. The Kier molecular flexibility index (Phi) is 8.87. The van der Waals surface area contributed by atoms with E-state index < -0.39 is 0 Å². The Bertz CT molecular complexity index is 835. The zero-order valence-electron chi connectivity index (χ0n) is 18.1. The molecule has 9 heteroatoms. The Morgan fingerprint density at radius 2 is 2.17 bits per heavy atom. The van der Waals surface area contributed by atoms with E-state index in [1.807, 2.05) is 33.8 Å². The summed E-state index contributed by atoms with van der Waals surface area (Å²) in [6.45, 7) is 11.0. The average molecular weight is 530 g/mol. The fraction of sp³-hybridized carbons (Fsp3) is 0.571. The van der Waals surface area contributed by atoms with E-state index in [0.717, 1.165) is 44.1 Å². The van der Waals surface area contributed by atoms with Crippen LogP contribution in [0.3, 0.4) is 0 Å². The first-order chi connectivity index (χ1) is 13.8. The van der Waals surface area contributed by atoms with Gasteiger partial charge in [0.25, 0.3) is 0 Å². The van der Waals surface area contributed by atoms with Gasteiger partial charge in [0.15, 0.2) is 11.8 Å². The number of aromatic nitrogens is 2. The molecule has 1 aliphatic rings. The summed E-state index contributed by atoms with van der Waals surface area (Å²) in [6.07, 6.45) is 2.07. The van der Waals surface area contributed by atoms with Crippen LogP contribution in [0.2, 0.25) is 0 Å². The van der Waals surface area contributed by atoms with Crippen LogP contribution in [0.25, 0.3) is 0 Å². The summed E-state index contributed by atoms with van der Waals surface area (Å²) in [5.41, 5.74) is 0.736. The van der Waals surface area contributed by atoms with Crippen molar-refractivity contribution >= 4 is 35.6 Å². The number of hydrogen-bond donors (Lipinski definition) is 2. The van der Waals surface area contributed by atoms with Crippen molar-refractivity contribution in [2.75, 3.05) is 24.5 Å². The van der Waals surface area contributed by atoms with Crippen LogP contribution in [0.4, 0.5) is 10.1 Å². The highest BCUT2D eigenvalue weighted by molar-refractivity contribution is 14.0. The molecule has 1 aliphatic heterocycles. The lowest BCUT2D eigenvalue weighted by atomic mass is 9.97. The minimum absolute atomic E-state index is 0. The summed E-state index contributed by atoms with van der Waals surface area (Å²) >= 11 is 0. The number of anilines is 1. The van der Waals surface area contributed by atoms with Crippen LogP contribution in [-0.4, -0.2) is 41.8 Å². The number of rotatable bonds is 5. The van der Waals surface area contributed by atoms with Crippen LogP contribution in [-0.2, 0) is 12.0 Å². The largest absolute Gasteiger partial charge is 0.369 e. The molecule has 1 atom stereocenters. The number of aliphatic imine (C=N–C) groups is 1. The van der Waals surface area contributed by atoms with Crippen molar-refractivity contribution in [3.05, 3.63) is 41.8 Å². The maximum absolute atomic E-state index is 13.6. The smallest absolute Gasteiger partial charge is 0.232 e. The van der Waals surface area contributed by atoms with Gasteiger partial charge in [0.05, 0.1) is 0 Å². The van der Waals surface area contributed by atoms with Gasteiger partial charge in [0.1, 0.15) is 12.4 Å². The Labute approximate surface area is 194 Å². The molecule has 2 aromatic rings. The van der Waals surface area contributed by atoms with Gasteiger partial charge in [-0.2, -0.15) is 4.98 Å². The molecule has 7 nitrogen and oxygen atoms in total. The standard InChI is InChI=1S/C21H31FN6O.HI/c1-5-23-20(24-13-18-26-19(29-27-18)21(2,3)4)25-16-9-7-11-28(14-16)17-10-6-8-15(22)12-17;/h6,8,10,12,16H,5,7,9,11,13-14H2,1-4H3,(H2,23,24,25);1H. The Hall–Kier alpha value is -1.91. The molecule has 0 bridgehead atoms. The van der Waals surface area contributed by atoms with E-state index in [4.69, 9.17) is 4.52 Å². The van der Waals surface area contributed by atoms with Gasteiger partial charge in [-0.3, -0.25) is 0 Å². The number of hydrogen-bond acceptors (Lipinski definition) is 5. The summed E-state index contributed by atoms with van der Waals surface area (Å²) in [6, 6.07) is 6.99.